The van der Waals surface area contributed by atoms with Crippen LogP contribution in [0.15, 0.2) is 95.2 Å². The zero-order chi connectivity index (χ0) is 21.4. The Hall–Kier alpha value is -4.32. The molecule has 2 heterocycles. The Morgan fingerprint density at radius 3 is 2.39 bits per heavy atom. The van der Waals surface area contributed by atoms with E-state index >= 15 is 0 Å². The molecule has 0 atom stereocenters. The van der Waals surface area contributed by atoms with Crippen molar-refractivity contribution in [3.05, 3.63) is 90.5 Å². The molecule has 150 valence electrons. The fourth-order valence-corrected chi connectivity index (χ4v) is 3.72. The fraction of sp³-hybridized carbons (Fsp3) is 0.0400. The maximum absolute atomic E-state index is 13.1. The highest BCUT2D eigenvalue weighted by atomic mass is 16.3. The van der Waals surface area contributed by atoms with Gasteiger partial charge in [0.15, 0.2) is 5.69 Å². The van der Waals surface area contributed by atoms with Gasteiger partial charge in [0.05, 0.1) is 22.3 Å². The maximum Gasteiger partial charge on any atom is 0.296 e. The lowest BCUT2D eigenvalue weighted by Crippen LogP contribution is -1.98. The zero-order valence-electron chi connectivity index (χ0n) is 16.7. The maximum atomic E-state index is 13.1. The fourth-order valence-electron chi connectivity index (χ4n) is 3.72. The molecule has 1 N–H and O–H groups in total. The van der Waals surface area contributed by atoms with Crippen LogP contribution in [0.4, 0.5) is 5.69 Å². The summed E-state index contributed by atoms with van der Waals surface area (Å²) in [6.45, 7) is 0. The molecular formula is C25H18N4O2. The predicted octanol–water partition coefficient (Wildman–Crippen LogP) is 6.02. The lowest BCUT2D eigenvalue weighted by molar-refractivity contribution is 0.0996. The van der Waals surface area contributed by atoms with Gasteiger partial charge >= 0.3 is 0 Å². The van der Waals surface area contributed by atoms with E-state index in [9.17, 15) is 9.90 Å². The summed E-state index contributed by atoms with van der Waals surface area (Å²) in [4.78, 5) is 17.8. The molecule has 0 saturated heterocycles. The van der Waals surface area contributed by atoms with Gasteiger partial charge in [0.1, 0.15) is 0 Å². The van der Waals surface area contributed by atoms with E-state index in [1.165, 1.54) is 0 Å². The monoisotopic (exact) mass is 406 g/mol. The second kappa shape index (κ2) is 7.50. The molecule has 0 aliphatic rings. The molecule has 0 saturated carbocycles. The number of pyridine rings is 1. The van der Waals surface area contributed by atoms with Crippen LogP contribution in [0.3, 0.4) is 0 Å². The van der Waals surface area contributed by atoms with Crippen molar-refractivity contribution in [2.75, 3.05) is 0 Å². The van der Waals surface area contributed by atoms with Gasteiger partial charge in [-0.15, -0.1) is 10.2 Å². The van der Waals surface area contributed by atoms with Crippen LogP contribution in [-0.2, 0) is 7.05 Å². The zero-order valence-corrected chi connectivity index (χ0v) is 16.7. The Kier molecular flexibility index (Phi) is 4.52. The second-order valence-corrected chi connectivity index (χ2v) is 7.19. The first-order valence-electron chi connectivity index (χ1n) is 9.81. The van der Waals surface area contributed by atoms with Crippen LogP contribution < -0.4 is 0 Å². The molecule has 31 heavy (non-hydrogen) atoms. The minimum Gasteiger partial charge on any atom is -0.493 e. The quantitative estimate of drug-likeness (QED) is 0.372. The van der Waals surface area contributed by atoms with Crippen LogP contribution in [0.25, 0.3) is 33.1 Å². The average Bonchev–Trinajstić information content (AvgIpc) is 3.07. The summed E-state index contributed by atoms with van der Waals surface area (Å²) in [6.07, 6.45) is 0. The van der Waals surface area contributed by atoms with Gasteiger partial charge in [-0.05, 0) is 18.2 Å². The Bertz CT molecular complexity index is 1470. The SMILES string of the molecule is Cn1c(O)c(N=NC(=O)c2cc(-c3ccccc3)nc3ccccc23)c2ccccc21. The van der Waals surface area contributed by atoms with Gasteiger partial charge in [-0.25, -0.2) is 4.98 Å². The van der Waals surface area contributed by atoms with E-state index in [0.29, 0.717) is 22.2 Å². The van der Waals surface area contributed by atoms with Crippen molar-refractivity contribution in [2.45, 2.75) is 0 Å². The number of hydrogen-bond donors (Lipinski definition) is 1. The van der Waals surface area contributed by atoms with Crippen LogP contribution >= 0.6 is 0 Å². The van der Waals surface area contributed by atoms with Gasteiger partial charge in [0.2, 0.25) is 5.88 Å². The molecule has 6 nitrogen and oxygen atoms in total. The van der Waals surface area contributed by atoms with Crippen LogP contribution in [-0.4, -0.2) is 20.6 Å². The standard InChI is InChI=1S/C25H18N4O2/c1-29-22-14-8-6-12-18(22)23(25(29)31)27-28-24(30)19-15-21(16-9-3-2-4-10-16)26-20-13-7-5-11-17(19)20/h2-15,31H,1H3. The third-order valence-corrected chi connectivity index (χ3v) is 5.31. The lowest BCUT2D eigenvalue weighted by atomic mass is 10.0. The predicted molar refractivity (Wildman–Crippen MR) is 121 cm³/mol. The lowest BCUT2D eigenvalue weighted by Gasteiger charge is -2.07. The first-order chi connectivity index (χ1) is 15.1. The van der Waals surface area contributed by atoms with Crippen molar-refractivity contribution in [2.24, 2.45) is 17.3 Å². The highest BCUT2D eigenvalue weighted by molar-refractivity contribution is 6.07. The molecule has 0 aliphatic carbocycles. The Labute approximate surface area is 178 Å². The summed E-state index contributed by atoms with van der Waals surface area (Å²) in [5, 5.41) is 20.0. The van der Waals surface area contributed by atoms with E-state index in [0.717, 1.165) is 16.5 Å². The molecule has 5 aromatic rings. The number of azo groups is 1. The number of para-hydroxylation sites is 2. The Balaban J connectivity index is 1.62. The molecule has 0 spiro atoms. The van der Waals surface area contributed by atoms with Gasteiger partial charge in [-0.2, -0.15) is 0 Å². The number of fused-ring (bicyclic) bond motifs is 2. The number of hydrogen-bond acceptors (Lipinski definition) is 4. The van der Waals surface area contributed by atoms with E-state index in [-0.39, 0.29) is 11.6 Å². The molecule has 1 amide bonds. The van der Waals surface area contributed by atoms with Crippen molar-refractivity contribution in [3.63, 3.8) is 0 Å². The van der Waals surface area contributed by atoms with Crippen molar-refractivity contribution in [3.8, 4) is 17.1 Å². The van der Waals surface area contributed by atoms with E-state index in [4.69, 9.17) is 4.98 Å². The first kappa shape index (κ1) is 18.7. The third kappa shape index (κ3) is 3.24. The summed E-state index contributed by atoms with van der Waals surface area (Å²) in [5.74, 6) is -0.537. The van der Waals surface area contributed by atoms with Crippen LogP contribution in [0.5, 0.6) is 5.88 Å². The highest BCUT2D eigenvalue weighted by Crippen LogP contribution is 2.38. The molecule has 3 aromatic carbocycles. The smallest absolute Gasteiger partial charge is 0.296 e. The minimum absolute atomic E-state index is 0.0395. The second-order valence-electron chi connectivity index (χ2n) is 7.19. The van der Waals surface area contributed by atoms with E-state index in [1.807, 2.05) is 78.9 Å². The van der Waals surface area contributed by atoms with E-state index < -0.39 is 5.91 Å². The largest absolute Gasteiger partial charge is 0.493 e. The van der Waals surface area contributed by atoms with Crippen molar-refractivity contribution in [1.82, 2.24) is 9.55 Å². The summed E-state index contributed by atoms with van der Waals surface area (Å²) < 4.78 is 1.61. The number of carbonyl (C=O) groups is 1. The van der Waals surface area contributed by atoms with Crippen molar-refractivity contribution >= 4 is 33.4 Å². The number of aryl methyl sites for hydroxylation is 1. The highest BCUT2D eigenvalue weighted by Gasteiger charge is 2.16. The topological polar surface area (TPSA) is 79.8 Å². The number of aromatic nitrogens is 2. The number of aromatic hydroxyl groups is 1. The van der Waals surface area contributed by atoms with Crippen molar-refractivity contribution < 1.29 is 9.90 Å². The molecular weight excluding hydrogens is 388 g/mol. The summed E-state index contributed by atoms with van der Waals surface area (Å²) >= 11 is 0. The minimum atomic E-state index is -0.497. The average molecular weight is 406 g/mol. The van der Waals surface area contributed by atoms with E-state index in [1.54, 1.807) is 17.7 Å². The van der Waals surface area contributed by atoms with Crippen LogP contribution in [0, 0.1) is 0 Å². The Morgan fingerprint density at radius 2 is 1.58 bits per heavy atom. The van der Waals surface area contributed by atoms with Crippen LogP contribution in [0.1, 0.15) is 10.4 Å². The van der Waals surface area contributed by atoms with Gasteiger partial charge in [-0.3, -0.25) is 4.79 Å². The van der Waals surface area contributed by atoms with Gasteiger partial charge in [0, 0.05) is 23.4 Å². The molecule has 0 bridgehead atoms. The third-order valence-electron chi connectivity index (χ3n) is 5.31. The summed E-state index contributed by atoms with van der Waals surface area (Å²) in [7, 11) is 1.74. The van der Waals surface area contributed by atoms with Crippen LogP contribution in [0.2, 0.25) is 0 Å². The number of benzene rings is 3. The number of amides is 1. The summed E-state index contributed by atoms with van der Waals surface area (Å²) in [6, 6.07) is 26.3. The summed E-state index contributed by atoms with van der Waals surface area (Å²) in [5.41, 5.74) is 3.79. The van der Waals surface area contributed by atoms with Gasteiger partial charge < -0.3 is 9.67 Å². The molecule has 0 aliphatic heterocycles. The number of carbonyl (C=O) groups excluding carboxylic acids is 1. The Morgan fingerprint density at radius 1 is 0.903 bits per heavy atom. The molecule has 6 heteroatoms. The molecule has 5 rings (SSSR count). The first-order valence-corrected chi connectivity index (χ1v) is 9.81. The molecule has 0 radical (unpaired) electrons. The van der Waals surface area contributed by atoms with Crippen molar-refractivity contribution in [1.29, 1.82) is 0 Å². The molecule has 0 fully saturated rings. The molecule has 2 aromatic heterocycles. The number of nitrogens with zero attached hydrogens (tertiary/aromatic N) is 4. The van der Waals surface area contributed by atoms with Gasteiger partial charge in [0.25, 0.3) is 5.91 Å². The molecule has 0 unspecified atom stereocenters. The van der Waals surface area contributed by atoms with Gasteiger partial charge in [-0.1, -0.05) is 66.7 Å². The normalized spacial score (nSPS) is 11.5. The van der Waals surface area contributed by atoms with E-state index in [2.05, 4.69) is 10.2 Å². The number of rotatable bonds is 3.